The Hall–Kier alpha value is -2.08. The number of nitrogens with two attached hydrogens (primary N) is 1. The summed E-state index contributed by atoms with van der Waals surface area (Å²) < 4.78 is 10.6. The van der Waals surface area contributed by atoms with E-state index in [-0.39, 0.29) is 12.5 Å². The predicted octanol–water partition coefficient (Wildman–Crippen LogP) is 0.769. The molecule has 1 aliphatic heterocycles. The lowest BCUT2D eigenvalue weighted by Gasteiger charge is -2.25. The van der Waals surface area contributed by atoms with E-state index in [1.165, 1.54) is 0 Å². The van der Waals surface area contributed by atoms with Crippen molar-refractivity contribution < 1.29 is 13.9 Å². The van der Waals surface area contributed by atoms with E-state index in [2.05, 4.69) is 4.98 Å². The molecule has 1 aromatic heterocycles. The Morgan fingerprint density at radius 1 is 1.44 bits per heavy atom. The summed E-state index contributed by atoms with van der Waals surface area (Å²) in [5.41, 5.74) is 7.70. The number of oxazole rings is 1. The maximum atomic E-state index is 11.6. The van der Waals surface area contributed by atoms with Crippen LogP contribution < -0.4 is 5.73 Å². The highest BCUT2D eigenvalue weighted by Crippen LogP contribution is 2.19. The molecule has 0 unspecified atom stereocenters. The van der Waals surface area contributed by atoms with Gasteiger partial charge in [-0.15, -0.1) is 0 Å². The molecule has 1 amide bonds. The quantitative estimate of drug-likeness (QED) is 0.792. The average Bonchev–Trinajstić information content (AvgIpc) is 2.73. The van der Waals surface area contributed by atoms with Crippen molar-refractivity contribution in [1.29, 1.82) is 0 Å². The third kappa shape index (κ3) is 2.02. The minimum absolute atomic E-state index is 0.0389. The molecule has 2 N–H and O–H groups in total. The molecule has 6 heteroatoms. The molecule has 0 spiro atoms. The fraction of sp³-hybridized carbons (Fsp3) is 0.333. The largest absolute Gasteiger partial charge is 0.439 e. The number of benzene rings is 1. The number of fused-ring (bicyclic) bond motifs is 1. The molecule has 1 aliphatic rings. The molecule has 0 saturated carbocycles. The second-order valence-corrected chi connectivity index (χ2v) is 4.20. The van der Waals surface area contributed by atoms with E-state index in [4.69, 9.17) is 14.9 Å². The summed E-state index contributed by atoms with van der Waals surface area (Å²) in [6.07, 6.45) is 0. The number of morpholine rings is 1. The van der Waals surface area contributed by atoms with Crippen molar-refractivity contribution in [3.63, 3.8) is 0 Å². The van der Waals surface area contributed by atoms with Crippen LogP contribution in [0.15, 0.2) is 22.6 Å². The number of carbonyl (C=O) groups is 1. The molecule has 1 fully saturated rings. The van der Waals surface area contributed by atoms with Crippen molar-refractivity contribution >= 4 is 22.7 Å². The van der Waals surface area contributed by atoms with Crippen molar-refractivity contribution in [2.45, 2.75) is 6.54 Å². The molecule has 0 aliphatic carbocycles. The first-order valence-electron chi connectivity index (χ1n) is 5.73. The highest BCUT2D eigenvalue weighted by Gasteiger charge is 2.20. The number of aromatic nitrogens is 1. The van der Waals surface area contributed by atoms with Gasteiger partial charge in [-0.25, -0.2) is 4.98 Å². The van der Waals surface area contributed by atoms with Crippen LogP contribution in [0, 0.1) is 0 Å². The molecule has 3 rings (SSSR count). The second kappa shape index (κ2) is 4.30. The Balaban J connectivity index is 1.84. The van der Waals surface area contributed by atoms with Gasteiger partial charge in [-0.3, -0.25) is 4.79 Å². The zero-order valence-corrected chi connectivity index (χ0v) is 9.76. The standard InChI is InChI=1S/C12H13N3O3/c13-8-1-2-9-10(5-8)18-11(14-9)6-15-3-4-17-7-12(15)16/h1-2,5H,3-4,6-7,13H2. The molecule has 0 bridgehead atoms. The van der Waals surface area contributed by atoms with Crippen molar-refractivity contribution in [3.05, 3.63) is 24.1 Å². The normalized spacial score (nSPS) is 16.4. The summed E-state index contributed by atoms with van der Waals surface area (Å²) in [6, 6.07) is 5.31. The van der Waals surface area contributed by atoms with Gasteiger partial charge >= 0.3 is 0 Å². The molecule has 18 heavy (non-hydrogen) atoms. The lowest BCUT2D eigenvalue weighted by Crippen LogP contribution is -2.40. The van der Waals surface area contributed by atoms with Gasteiger partial charge in [-0.05, 0) is 12.1 Å². The first kappa shape index (κ1) is 11.0. The second-order valence-electron chi connectivity index (χ2n) is 4.20. The number of amides is 1. The third-order valence-corrected chi connectivity index (χ3v) is 2.87. The number of hydrogen-bond acceptors (Lipinski definition) is 5. The number of rotatable bonds is 2. The Bertz CT molecular complexity index is 593. The van der Waals surface area contributed by atoms with E-state index < -0.39 is 0 Å². The smallest absolute Gasteiger partial charge is 0.249 e. The van der Waals surface area contributed by atoms with Gasteiger partial charge in [-0.1, -0.05) is 0 Å². The Morgan fingerprint density at radius 2 is 2.33 bits per heavy atom. The van der Waals surface area contributed by atoms with Crippen LogP contribution in [0.5, 0.6) is 0 Å². The molecule has 1 saturated heterocycles. The van der Waals surface area contributed by atoms with Crippen LogP contribution in [-0.4, -0.2) is 35.5 Å². The van der Waals surface area contributed by atoms with E-state index in [1.54, 1.807) is 23.1 Å². The highest BCUT2D eigenvalue weighted by atomic mass is 16.5. The number of nitrogen functional groups attached to an aromatic ring is 1. The third-order valence-electron chi connectivity index (χ3n) is 2.87. The Kier molecular flexibility index (Phi) is 2.64. The SMILES string of the molecule is Nc1ccc2nc(CN3CCOCC3=O)oc2c1. The van der Waals surface area contributed by atoms with Gasteiger partial charge in [0.15, 0.2) is 5.58 Å². The average molecular weight is 247 g/mol. The zero-order valence-electron chi connectivity index (χ0n) is 9.76. The van der Waals surface area contributed by atoms with Gasteiger partial charge in [0.25, 0.3) is 0 Å². The van der Waals surface area contributed by atoms with Crippen LogP contribution in [0.4, 0.5) is 5.69 Å². The number of ether oxygens (including phenoxy) is 1. The molecule has 2 heterocycles. The van der Waals surface area contributed by atoms with Gasteiger partial charge in [0, 0.05) is 18.3 Å². The highest BCUT2D eigenvalue weighted by molar-refractivity contribution is 5.78. The molecular formula is C12H13N3O3. The summed E-state index contributed by atoms with van der Waals surface area (Å²) >= 11 is 0. The van der Waals surface area contributed by atoms with Crippen LogP contribution in [0.1, 0.15) is 5.89 Å². The van der Waals surface area contributed by atoms with Crippen molar-refractivity contribution in [2.24, 2.45) is 0 Å². The van der Waals surface area contributed by atoms with E-state index in [1.807, 2.05) is 0 Å². The van der Waals surface area contributed by atoms with Gasteiger partial charge in [0.2, 0.25) is 11.8 Å². The minimum Gasteiger partial charge on any atom is -0.439 e. The number of nitrogens with zero attached hydrogens (tertiary/aromatic N) is 2. The fourth-order valence-corrected chi connectivity index (χ4v) is 1.94. The molecule has 6 nitrogen and oxygen atoms in total. The van der Waals surface area contributed by atoms with Crippen LogP contribution in [0.25, 0.3) is 11.1 Å². The summed E-state index contributed by atoms with van der Waals surface area (Å²) in [5.74, 6) is 0.480. The lowest BCUT2D eigenvalue weighted by atomic mass is 10.3. The molecule has 0 atom stereocenters. The van der Waals surface area contributed by atoms with Crippen molar-refractivity contribution in [2.75, 3.05) is 25.5 Å². The maximum absolute atomic E-state index is 11.6. The van der Waals surface area contributed by atoms with E-state index >= 15 is 0 Å². The molecular weight excluding hydrogens is 234 g/mol. The first-order valence-corrected chi connectivity index (χ1v) is 5.73. The maximum Gasteiger partial charge on any atom is 0.249 e. The van der Waals surface area contributed by atoms with Crippen molar-refractivity contribution in [1.82, 2.24) is 9.88 Å². The van der Waals surface area contributed by atoms with Crippen LogP contribution in [0.2, 0.25) is 0 Å². The van der Waals surface area contributed by atoms with Crippen molar-refractivity contribution in [3.8, 4) is 0 Å². The molecule has 0 radical (unpaired) electrons. The van der Waals surface area contributed by atoms with Gasteiger partial charge in [0.1, 0.15) is 12.1 Å². The van der Waals surface area contributed by atoms with E-state index in [9.17, 15) is 4.79 Å². The summed E-state index contributed by atoms with van der Waals surface area (Å²) in [5, 5.41) is 0. The van der Waals surface area contributed by atoms with Crippen LogP contribution in [0.3, 0.4) is 0 Å². The van der Waals surface area contributed by atoms with E-state index in [0.717, 1.165) is 5.52 Å². The monoisotopic (exact) mass is 247 g/mol. The summed E-state index contributed by atoms with van der Waals surface area (Å²) in [6.45, 7) is 1.63. The lowest BCUT2D eigenvalue weighted by molar-refractivity contribution is -0.143. The van der Waals surface area contributed by atoms with E-state index in [0.29, 0.717) is 36.9 Å². The predicted molar refractivity (Wildman–Crippen MR) is 64.7 cm³/mol. The molecule has 94 valence electrons. The van der Waals surface area contributed by atoms with Crippen LogP contribution >= 0.6 is 0 Å². The van der Waals surface area contributed by atoms with Gasteiger partial charge in [-0.2, -0.15) is 0 Å². The number of hydrogen-bond donors (Lipinski definition) is 1. The fourth-order valence-electron chi connectivity index (χ4n) is 1.94. The molecule has 2 aromatic rings. The topological polar surface area (TPSA) is 81.6 Å². The van der Waals surface area contributed by atoms with Crippen LogP contribution in [-0.2, 0) is 16.1 Å². The number of carbonyl (C=O) groups excluding carboxylic acids is 1. The zero-order chi connectivity index (χ0) is 12.5. The minimum atomic E-state index is -0.0389. The van der Waals surface area contributed by atoms with Gasteiger partial charge < -0.3 is 19.8 Å². The van der Waals surface area contributed by atoms with Gasteiger partial charge in [0.05, 0.1) is 13.2 Å². The number of anilines is 1. The Labute approximate surface area is 103 Å². The first-order chi connectivity index (χ1) is 8.72. The summed E-state index contributed by atoms with van der Waals surface area (Å²) in [7, 11) is 0. The summed E-state index contributed by atoms with van der Waals surface area (Å²) in [4.78, 5) is 17.6. The molecule has 1 aromatic carbocycles. The Morgan fingerprint density at radius 3 is 3.17 bits per heavy atom.